The Balaban J connectivity index is 2.59. The van der Waals surface area contributed by atoms with Crippen LogP contribution in [0.4, 0.5) is 5.82 Å². The van der Waals surface area contributed by atoms with Gasteiger partial charge in [-0.3, -0.25) is 0 Å². The lowest BCUT2D eigenvalue weighted by Gasteiger charge is -2.16. The van der Waals surface area contributed by atoms with Gasteiger partial charge < -0.3 is 14.5 Å². The van der Waals surface area contributed by atoms with E-state index < -0.39 is 0 Å². The molecule has 0 atom stereocenters. The van der Waals surface area contributed by atoms with Crippen molar-refractivity contribution in [1.29, 1.82) is 0 Å². The lowest BCUT2D eigenvalue weighted by Crippen LogP contribution is -2.17. The molecule has 0 bridgehead atoms. The van der Waals surface area contributed by atoms with Crippen molar-refractivity contribution < 1.29 is 4.74 Å². The maximum Gasteiger partial charge on any atom is 0.258 e. The minimum absolute atomic E-state index is 0.572. The van der Waals surface area contributed by atoms with Crippen LogP contribution < -0.4 is 9.64 Å². The summed E-state index contributed by atoms with van der Waals surface area (Å²) < 4.78 is 6.34. The molecule has 0 amide bonds. The van der Waals surface area contributed by atoms with Crippen LogP contribution in [0.15, 0.2) is 10.8 Å². The van der Waals surface area contributed by atoms with Crippen molar-refractivity contribution in [2.75, 3.05) is 46.2 Å². The summed E-state index contributed by atoms with van der Waals surface area (Å²) in [7, 11) is 7.93. The van der Waals surface area contributed by atoms with Crippen molar-refractivity contribution in [1.82, 2.24) is 14.9 Å². The molecule has 5 nitrogen and oxygen atoms in total. The van der Waals surface area contributed by atoms with Crippen LogP contribution in [0, 0.1) is 0 Å². The first-order valence-electron chi connectivity index (χ1n) is 5.48. The van der Waals surface area contributed by atoms with E-state index >= 15 is 0 Å². The van der Waals surface area contributed by atoms with Crippen molar-refractivity contribution >= 4 is 21.7 Å². The topological polar surface area (TPSA) is 41.5 Å². The fourth-order valence-electron chi connectivity index (χ4n) is 1.30. The minimum atomic E-state index is 0.572. The second-order valence-corrected chi connectivity index (χ2v) is 5.03. The van der Waals surface area contributed by atoms with Crippen molar-refractivity contribution in [3.8, 4) is 5.88 Å². The number of hydrogen-bond acceptors (Lipinski definition) is 5. The zero-order valence-electron chi connectivity index (χ0n) is 10.8. The molecule has 17 heavy (non-hydrogen) atoms. The largest absolute Gasteiger partial charge is 0.475 e. The average molecular weight is 303 g/mol. The van der Waals surface area contributed by atoms with Gasteiger partial charge in [0.15, 0.2) is 5.82 Å². The number of nitrogens with zero attached hydrogens (tertiary/aromatic N) is 4. The predicted molar refractivity (Wildman–Crippen MR) is 72.7 cm³/mol. The fraction of sp³-hybridized carbons (Fsp3) is 0.636. The number of hydrogen-bond donors (Lipinski definition) is 0. The summed E-state index contributed by atoms with van der Waals surface area (Å²) in [4.78, 5) is 12.6. The Bertz CT molecular complexity index is 357. The molecule has 96 valence electrons. The van der Waals surface area contributed by atoms with Crippen molar-refractivity contribution in [3.63, 3.8) is 0 Å². The fourth-order valence-corrected chi connectivity index (χ4v) is 1.56. The molecule has 0 aliphatic carbocycles. The Morgan fingerprint density at radius 1 is 1.29 bits per heavy atom. The summed E-state index contributed by atoms with van der Waals surface area (Å²) in [6.45, 7) is 1.64. The molecule has 1 rings (SSSR count). The molecule has 0 radical (unpaired) electrons. The molecule has 6 heteroatoms. The molecular formula is C11H19BrN4O. The van der Waals surface area contributed by atoms with E-state index in [1.807, 2.05) is 33.1 Å². The molecule has 0 fully saturated rings. The molecule has 0 aliphatic heterocycles. The first kappa shape index (κ1) is 14.2. The second-order valence-electron chi connectivity index (χ2n) is 4.22. The Hall–Kier alpha value is -0.880. The molecule has 0 aliphatic rings. The van der Waals surface area contributed by atoms with Crippen LogP contribution in [0.25, 0.3) is 0 Å². The van der Waals surface area contributed by atoms with Gasteiger partial charge in [-0.15, -0.1) is 0 Å². The first-order chi connectivity index (χ1) is 8.00. The van der Waals surface area contributed by atoms with E-state index in [1.165, 1.54) is 0 Å². The molecule has 0 unspecified atom stereocenters. The van der Waals surface area contributed by atoms with Gasteiger partial charge in [-0.05, 0) is 36.4 Å². The van der Waals surface area contributed by atoms with Gasteiger partial charge in [0.2, 0.25) is 0 Å². The number of aromatic nitrogens is 2. The zero-order valence-corrected chi connectivity index (χ0v) is 12.4. The number of rotatable bonds is 6. The second kappa shape index (κ2) is 6.76. The van der Waals surface area contributed by atoms with Crippen LogP contribution in [-0.2, 0) is 0 Å². The SMILES string of the molecule is CN(C)CCCOc1nc(Br)cnc1N(C)C. The monoisotopic (exact) mass is 302 g/mol. The van der Waals surface area contributed by atoms with Gasteiger partial charge in [0.25, 0.3) is 5.88 Å². The third-order valence-electron chi connectivity index (χ3n) is 2.11. The van der Waals surface area contributed by atoms with E-state index in [4.69, 9.17) is 4.74 Å². The van der Waals surface area contributed by atoms with Crippen LogP contribution in [0.2, 0.25) is 0 Å². The molecule has 1 heterocycles. The maximum atomic E-state index is 5.66. The maximum absolute atomic E-state index is 5.66. The summed E-state index contributed by atoms with van der Waals surface area (Å²) in [6, 6.07) is 0. The van der Waals surface area contributed by atoms with Gasteiger partial charge in [0.05, 0.1) is 12.8 Å². The zero-order chi connectivity index (χ0) is 12.8. The Kier molecular flexibility index (Phi) is 5.64. The van der Waals surface area contributed by atoms with Crippen LogP contribution in [0.1, 0.15) is 6.42 Å². The molecule has 0 aromatic carbocycles. The summed E-state index contributed by atoms with van der Waals surface area (Å²) in [6.07, 6.45) is 2.63. The van der Waals surface area contributed by atoms with Gasteiger partial charge in [-0.25, -0.2) is 9.97 Å². The smallest absolute Gasteiger partial charge is 0.258 e. The van der Waals surface area contributed by atoms with Gasteiger partial charge in [0.1, 0.15) is 4.60 Å². The summed E-state index contributed by atoms with van der Waals surface area (Å²) in [5.41, 5.74) is 0. The molecule has 0 N–H and O–H groups in total. The summed E-state index contributed by atoms with van der Waals surface area (Å²) >= 11 is 3.30. The normalized spacial score (nSPS) is 10.7. The van der Waals surface area contributed by atoms with Crippen LogP contribution in [0.3, 0.4) is 0 Å². The average Bonchev–Trinajstić information content (AvgIpc) is 2.23. The Morgan fingerprint density at radius 2 is 2.00 bits per heavy atom. The first-order valence-corrected chi connectivity index (χ1v) is 6.27. The number of ether oxygens (including phenoxy) is 1. The molecule has 0 saturated heterocycles. The lowest BCUT2D eigenvalue weighted by molar-refractivity contribution is 0.272. The molecular weight excluding hydrogens is 284 g/mol. The van der Waals surface area contributed by atoms with Gasteiger partial charge in [-0.1, -0.05) is 0 Å². The van der Waals surface area contributed by atoms with E-state index in [1.54, 1.807) is 6.20 Å². The third-order valence-corrected chi connectivity index (χ3v) is 2.49. The highest BCUT2D eigenvalue weighted by Crippen LogP contribution is 2.23. The standard InChI is InChI=1S/C11H19BrN4O/c1-15(2)6-5-7-17-11-10(16(3)4)13-8-9(12)14-11/h8H,5-7H2,1-4H3. The molecule has 1 aromatic heterocycles. The molecule has 0 saturated carbocycles. The molecule has 1 aromatic rings. The van der Waals surface area contributed by atoms with Crippen LogP contribution in [-0.4, -0.2) is 56.2 Å². The summed E-state index contributed by atoms with van der Waals surface area (Å²) in [5.74, 6) is 1.32. The Labute approximate surface area is 111 Å². The van der Waals surface area contributed by atoms with E-state index in [2.05, 4.69) is 30.8 Å². The van der Waals surface area contributed by atoms with E-state index in [0.29, 0.717) is 17.1 Å². The van der Waals surface area contributed by atoms with Gasteiger partial charge >= 0.3 is 0 Å². The van der Waals surface area contributed by atoms with Crippen LogP contribution in [0.5, 0.6) is 5.88 Å². The minimum Gasteiger partial charge on any atom is -0.475 e. The number of anilines is 1. The highest BCUT2D eigenvalue weighted by molar-refractivity contribution is 9.10. The van der Waals surface area contributed by atoms with Crippen molar-refractivity contribution in [2.24, 2.45) is 0 Å². The van der Waals surface area contributed by atoms with E-state index in [9.17, 15) is 0 Å². The highest BCUT2D eigenvalue weighted by atomic mass is 79.9. The van der Waals surface area contributed by atoms with Gasteiger partial charge in [-0.2, -0.15) is 0 Å². The van der Waals surface area contributed by atoms with Crippen molar-refractivity contribution in [2.45, 2.75) is 6.42 Å². The Morgan fingerprint density at radius 3 is 2.59 bits per heavy atom. The molecule has 0 spiro atoms. The quantitative estimate of drug-likeness (QED) is 0.747. The van der Waals surface area contributed by atoms with E-state index in [0.717, 1.165) is 18.8 Å². The van der Waals surface area contributed by atoms with Gasteiger partial charge in [0, 0.05) is 20.6 Å². The van der Waals surface area contributed by atoms with Crippen molar-refractivity contribution in [3.05, 3.63) is 10.8 Å². The highest BCUT2D eigenvalue weighted by Gasteiger charge is 2.10. The third kappa shape index (κ3) is 4.87. The lowest BCUT2D eigenvalue weighted by atomic mass is 10.4. The summed E-state index contributed by atoms with van der Waals surface area (Å²) in [5, 5.41) is 0. The van der Waals surface area contributed by atoms with E-state index in [-0.39, 0.29) is 0 Å². The number of halogens is 1. The predicted octanol–water partition coefficient (Wildman–Crippen LogP) is 1.64. The van der Waals surface area contributed by atoms with Crippen LogP contribution >= 0.6 is 15.9 Å².